The summed E-state index contributed by atoms with van der Waals surface area (Å²) in [5, 5.41) is 11.7. The van der Waals surface area contributed by atoms with Crippen molar-refractivity contribution in [3.8, 4) is 0 Å². The van der Waals surface area contributed by atoms with Crippen LogP contribution in [0.2, 0.25) is 5.02 Å². The molecule has 2 heterocycles. The molecule has 30 heavy (non-hydrogen) atoms. The lowest BCUT2D eigenvalue weighted by molar-refractivity contribution is -0.459. The van der Waals surface area contributed by atoms with E-state index in [-0.39, 0.29) is 5.56 Å². The van der Waals surface area contributed by atoms with Crippen molar-refractivity contribution in [2.24, 2.45) is 0 Å². The zero-order valence-corrected chi connectivity index (χ0v) is 17.7. The fourth-order valence-corrected chi connectivity index (χ4v) is 4.58. The lowest BCUT2D eigenvalue weighted by Gasteiger charge is -2.47. The summed E-state index contributed by atoms with van der Waals surface area (Å²) in [6, 6.07) is 10.8. The molecule has 2 fully saturated rings. The van der Waals surface area contributed by atoms with Gasteiger partial charge in [-0.15, -0.1) is 0 Å². The quantitative estimate of drug-likeness (QED) is 0.696. The molecule has 0 atom stereocenters. The second kappa shape index (κ2) is 8.52. The Morgan fingerprint density at radius 2 is 1.77 bits per heavy atom. The summed E-state index contributed by atoms with van der Waals surface area (Å²) in [5.74, 6) is -2.44. The van der Waals surface area contributed by atoms with Crippen LogP contribution in [0.3, 0.4) is 0 Å². The first-order valence-corrected chi connectivity index (χ1v) is 10.7. The smallest absolute Gasteiger partial charge is 0.203 e. The number of piperidine rings is 1. The highest BCUT2D eigenvalue weighted by atomic mass is 35.5. The number of rotatable bonds is 6. The third-order valence-corrected chi connectivity index (χ3v) is 6.35. The number of halogens is 3. The molecule has 162 valence electrons. The molecular formula is C23H26ClF2NO3. The Labute approximate surface area is 180 Å². The first-order valence-electron chi connectivity index (χ1n) is 10.3. The Kier molecular flexibility index (Phi) is 6.15. The molecule has 0 amide bonds. The molecule has 0 aromatic heterocycles. The van der Waals surface area contributed by atoms with E-state index in [9.17, 15) is 13.9 Å². The maximum Gasteiger partial charge on any atom is 0.203 e. The van der Waals surface area contributed by atoms with E-state index >= 15 is 0 Å². The predicted molar refractivity (Wildman–Crippen MR) is 110 cm³/mol. The average Bonchev–Trinajstić information content (AvgIpc) is 2.68. The summed E-state index contributed by atoms with van der Waals surface area (Å²) in [7, 11) is 0. The van der Waals surface area contributed by atoms with E-state index in [1.165, 1.54) is 12.1 Å². The van der Waals surface area contributed by atoms with E-state index in [1.54, 1.807) is 19.1 Å². The molecule has 0 saturated carbocycles. The molecule has 2 aromatic carbocycles. The molecule has 0 unspecified atom stereocenters. The van der Waals surface area contributed by atoms with Gasteiger partial charge in [0, 0.05) is 36.2 Å². The number of likely N-dealkylation sites (tertiary alicyclic amines) is 1. The normalized spacial score (nSPS) is 26.4. The Balaban J connectivity index is 1.32. The van der Waals surface area contributed by atoms with E-state index in [0.717, 1.165) is 37.7 Å². The van der Waals surface area contributed by atoms with Crippen molar-refractivity contribution in [1.29, 1.82) is 0 Å². The summed E-state index contributed by atoms with van der Waals surface area (Å²) in [5.41, 5.74) is 0.287. The molecule has 0 spiro atoms. The molecule has 2 aromatic rings. The Morgan fingerprint density at radius 1 is 1.10 bits per heavy atom. The lowest BCUT2D eigenvalue weighted by Crippen LogP contribution is -2.50. The van der Waals surface area contributed by atoms with Crippen molar-refractivity contribution in [3.05, 3.63) is 70.2 Å². The summed E-state index contributed by atoms with van der Waals surface area (Å²) >= 11 is 5.95. The van der Waals surface area contributed by atoms with Crippen LogP contribution in [0.5, 0.6) is 0 Å². The first kappa shape index (κ1) is 21.7. The summed E-state index contributed by atoms with van der Waals surface area (Å²) < 4.78 is 39.1. The number of aliphatic hydroxyl groups is 1. The van der Waals surface area contributed by atoms with Crippen molar-refractivity contribution in [1.82, 2.24) is 4.90 Å². The van der Waals surface area contributed by atoms with Gasteiger partial charge in [0.1, 0.15) is 11.6 Å². The molecule has 0 bridgehead atoms. The van der Waals surface area contributed by atoms with Gasteiger partial charge in [-0.05, 0) is 62.6 Å². The molecular weight excluding hydrogens is 412 g/mol. The lowest BCUT2D eigenvalue weighted by atomic mass is 9.84. The van der Waals surface area contributed by atoms with Crippen molar-refractivity contribution < 1.29 is 23.4 Å². The highest BCUT2D eigenvalue weighted by Gasteiger charge is 2.48. The first-order chi connectivity index (χ1) is 14.3. The van der Waals surface area contributed by atoms with Crippen LogP contribution in [-0.2, 0) is 20.9 Å². The minimum absolute atomic E-state index is 0.234. The maximum atomic E-state index is 14.3. The number of ether oxygens (including phenoxy) is 2. The molecule has 2 aliphatic heterocycles. The molecule has 1 N–H and O–H groups in total. The second-order valence-corrected chi connectivity index (χ2v) is 8.60. The standard InChI is InChI=1S/C23H26ClF2NO3/c1-16-29-23(30-16,20-8-7-19(25)15-21(20)26)9-2-12-27-13-10-22(28,11-14-27)17-3-5-18(24)6-4-17/h3-8,15-16,28H,2,9-14H2,1H3. The SMILES string of the molecule is CC1OC(CCCN2CCC(O)(c3ccc(Cl)cc3)CC2)(c2ccc(F)cc2F)O1. The van der Waals surface area contributed by atoms with E-state index in [0.29, 0.717) is 24.3 Å². The number of hydrogen-bond donors (Lipinski definition) is 1. The topological polar surface area (TPSA) is 41.9 Å². The summed E-state index contributed by atoms with van der Waals surface area (Å²) in [4.78, 5) is 2.28. The fourth-order valence-electron chi connectivity index (χ4n) is 4.45. The highest BCUT2D eigenvalue weighted by molar-refractivity contribution is 6.30. The average molecular weight is 438 g/mol. The molecule has 7 heteroatoms. The van der Waals surface area contributed by atoms with Crippen LogP contribution in [-0.4, -0.2) is 35.9 Å². The molecule has 0 aliphatic carbocycles. The van der Waals surface area contributed by atoms with Gasteiger partial charge in [0.25, 0.3) is 0 Å². The van der Waals surface area contributed by atoms with Crippen LogP contribution in [0.25, 0.3) is 0 Å². The summed E-state index contributed by atoms with van der Waals surface area (Å²) in [6.07, 6.45) is 2.05. The third kappa shape index (κ3) is 4.39. The van der Waals surface area contributed by atoms with Crippen LogP contribution in [0.1, 0.15) is 43.7 Å². The second-order valence-electron chi connectivity index (χ2n) is 8.16. The van der Waals surface area contributed by atoms with E-state index < -0.39 is 29.3 Å². The Morgan fingerprint density at radius 3 is 2.37 bits per heavy atom. The van der Waals surface area contributed by atoms with Gasteiger partial charge in [0.2, 0.25) is 5.79 Å². The van der Waals surface area contributed by atoms with Crippen LogP contribution < -0.4 is 0 Å². The molecule has 2 aliphatic rings. The monoisotopic (exact) mass is 437 g/mol. The fraction of sp³-hybridized carbons (Fsp3) is 0.478. The zero-order chi connectivity index (χ0) is 21.4. The minimum atomic E-state index is -1.16. The van der Waals surface area contributed by atoms with Crippen LogP contribution in [0.15, 0.2) is 42.5 Å². The molecule has 0 radical (unpaired) electrons. The van der Waals surface area contributed by atoms with Crippen LogP contribution >= 0.6 is 11.6 Å². The van der Waals surface area contributed by atoms with Gasteiger partial charge in [0.15, 0.2) is 6.29 Å². The van der Waals surface area contributed by atoms with Gasteiger partial charge in [-0.3, -0.25) is 0 Å². The van der Waals surface area contributed by atoms with Crippen LogP contribution in [0.4, 0.5) is 8.78 Å². The third-order valence-electron chi connectivity index (χ3n) is 6.10. The van der Waals surface area contributed by atoms with Gasteiger partial charge >= 0.3 is 0 Å². The highest BCUT2D eigenvalue weighted by Crippen LogP contribution is 2.44. The molecule has 4 rings (SSSR count). The zero-order valence-electron chi connectivity index (χ0n) is 16.9. The molecule has 2 saturated heterocycles. The number of hydrogen-bond acceptors (Lipinski definition) is 4. The van der Waals surface area contributed by atoms with Gasteiger partial charge in [-0.1, -0.05) is 23.7 Å². The van der Waals surface area contributed by atoms with Gasteiger partial charge < -0.3 is 19.5 Å². The van der Waals surface area contributed by atoms with Crippen LogP contribution in [0, 0.1) is 11.6 Å². The largest absolute Gasteiger partial charge is 0.385 e. The predicted octanol–water partition coefficient (Wildman–Crippen LogP) is 4.93. The van der Waals surface area contributed by atoms with Crippen molar-refractivity contribution in [2.75, 3.05) is 19.6 Å². The number of nitrogens with zero attached hydrogens (tertiary/aromatic N) is 1. The van der Waals surface area contributed by atoms with E-state index in [2.05, 4.69) is 4.90 Å². The molecule has 4 nitrogen and oxygen atoms in total. The minimum Gasteiger partial charge on any atom is -0.385 e. The Hall–Kier alpha value is -1.57. The summed E-state index contributed by atoms with van der Waals surface area (Å²) in [6.45, 7) is 4.05. The van der Waals surface area contributed by atoms with Crippen molar-refractivity contribution in [2.45, 2.75) is 50.3 Å². The number of benzene rings is 2. The van der Waals surface area contributed by atoms with E-state index in [1.807, 2.05) is 12.1 Å². The van der Waals surface area contributed by atoms with E-state index in [4.69, 9.17) is 21.1 Å². The van der Waals surface area contributed by atoms with Gasteiger partial charge in [-0.25, -0.2) is 8.78 Å². The van der Waals surface area contributed by atoms with Gasteiger partial charge in [0.05, 0.1) is 5.60 Å². The van der Waals surface area contributed by atoms with Crippen molar-refractivity contribution >= 4 is 11.6 Å². The van der Waals surface area contributed by atoms with Crippen molar-refractivity contribution in [3.63, 3.8) is 0 Å². The Bertz CT molecular complexity index is 879. The van der Waals surface area contributed by atoms with Gasteiger partial charge in [-0.2, -0.15) is 0 Å². The maximum absolute atomic E-state index is 14.3.